The molecule has 0 N–H and O–H groups in total. The lowest BCUT2D eigenvalue weighted by Crippen LogP contribution is -2.08. The molecule has 122 valence electrons. The minimum absolute atomic E-state index is 0.339. The van der Waals surface area contributed by atoms with Crippen molar-refractivity contribution in [2.45, 2.75) is 39.5 Å². The summed E-state index contributed by atoms with van der Waals surface area (Å²) in [5.41, 5.74) is 1.82. The van der Waals surface area contributed by atoms with Crippen LogP contribution in [-0.2, 0) is 6.42 Å². The summed E-state index contributed by atoms with van der Waals surface area (Å²) in [4.78, 5) is 12.1. The monoisotopic (exact) mass is 312 g/mol. The van der Waals surface area contributed by atoms with Gasteiger partial charge in [0, 0.05) is 0 Å². The van der Waals surface area contributed by atoms with Crippen LogP contribution in [-0.4, -0.2) is 12.6 Å². The Morgan fingerprint density at radius 1 is 0.870 bits per heavy atom. The molecule has 3 nitrogen and oxygen atoms in total. The van der Waals surface area contributed by atoms with Crippen molar-refractivity contribution in [1.82, 2.24) is 0 Å². The molecule has 23 heavy (non-hydrogen) atoms. The maximum Gasteiger partial charge on any atom is 0.343 e. The molecule has 0 aromatic heterocycles. The van der Waals surface area contributed by atoms with E-state index < -0.39 is 0 Å². The molecule has 0 spiro atoms. The Balaban J connectivity index is 1.93. The number of ether oxygens (including phenoxy) is 2. The summed E-state index contributed by atoms with van der Waals surface area (Å²) in [5.74, 6) is 0.968. The largest absolute Gasteiger partial charge is 0.494 e. The van der Waals surface area contributed by atoms with Crippen molar-refractivity contribution in [1.29, 1.82) is 0 Å². The van der Waals surface area contributed by atoms with Crippen LogP contribution >= 0.6 is 0 Å². The summed E-state index contributed by atoms with van der Waals surface area (Å²) >= 11 is 0. The Hall–Kier alpha value is -2.29. The lowest BCUT2D eigenvalue weighted by Gasteiger charge is -2.07. The minimum Gasteiger partial charge on any atom is -0.494 e. The van der Waals surface area contributed by atoms with Gasteiger partial charge in [-0.3, -0.25) is 0 Å². The fourth-order valence-corrected chi connectivity index (χ4v) is 2.18. The van der Waals surface area contributed by atoms with Gasteiger partial charge in [0.1, 0.15) is 11.5 Å². The molecule has 0 bridgehead atoms. The Morgan fingerprint density at radius 2 is 1.52 bits per heavy atom. The summed E-state index contributed by atoms with van der Waals surface area (Å²) in [6, 6.07) is 14.8. The fourth-order valence-electron chi connectivity index (χ4n) is 2.18. The molecule has 0 aliphatic heterocycles. The van der Waals surface area contributed by atoms with Crippen molar-refractivity contribution >= 4 is 5.97 Å². The van der Waals surface area contributed by atoms with Gasteiger partial charge in [0.15, 0.2) is 0 Å². The zero-order chi connectivity index (χ0) is 16.5. The minimum atomic E-state index is -0.339. The van der Waals surface area contributed by atoms with Gasteiger partial charge < -0.3 is 9.47 Å². The Kier molecular flexibility index (Phi) is 6.67. The number of hydrogen-bond donors (Lipinski definition) is 0. The van der Waals surface area contributed by atoms with Crippen molar-refractivity contribution in [2.24, 2.45) is 0 Å². The summed E-state index contributed by atoms with van der Waals surface area (Å²) in [6.07, 6.45) is 4.34. The van der Waals surface area contributed by atoms with Crippen LogP contribution in [0.1, 0.15) is 49.0 Å². The molecule has 2 aromatic carbocycles. The van der Waals surface area contributed by atoms with E-state index in [2.05, 4.69) is 13.8 Å². The lowest BCUT2D eigenvalue weighted by molar-refractivity contribution is 0.0734. The topological polar surface area (TPSA) is 35.5 Å². The van der Waals surface area contributed by atoms with Crippen LogP contribution in [0.4, 0.5) is 0 Å². The Bertz CT molecular complexity index is 600. The fraction of sp³-hybridized carbons (Fsp3) is 0.350. The van der Waals surface area contributed by atoms with Gasteiger partial charge in [-0.15, -0.1) is 0 Å². The highest BCUT2D eigenvalue weighted by Gasteiger charge is 2.08. The predicted molar refractivity (Wildman–Crippen MR) is 92.2 cm³/mol. The van der Waals surface area contributed by atoms with Crippen LogP contribution in [0.5, 0.6) is 11.5 Å². The molecular formula is C20H24O3. The number of benzene rings is 2. The quantitative estimate of drug-likeness (QED) is 0.506. The molecule has 0 aliphatic carbocycles. The molecule has 2 aromatic rings. The van der Waals surface area contributed by atoms with E-state index >= 15 is 0 Å². The van der Waals surface area contributed by atoms with Gasteiger partial charge >= 0.3 is 5.97 Å². The van der Waals surface area contributed by atoms with Gasteiger partial charge in [-0.05, 0) is 61.2 Å². The molecule has 0 atom stereocenters. The summed E-state index contributed by atoms with van der Waals surface area (Å²) in [6.45, 7) is 4.91. The first kappa shape index (κ1) is 17.1. The van der Waals surface area contributed by atoms with Crippen LogP contribution in [0.25, 0.3) is 0 Å². The average molecular weight is 312 g/mol. The molecule has 0 unspecified atom stereocenters. The standard InChI is InChI=1S/C20H24O3/c1-3-5-6-16-7-9-17(10-8-16)20(21)23-19-13-11-18(12-14-19)22-15-4-2/h7-14H,3-6,15H2,1-2H3. The first-order chi connectivity index (χ1) is 11.2. The number of esters is 1. The Morgan fingerprint density at radius 3 is 2.13 bits per heavy atom. The number of carbonyl (C=O) groups is 1. The molecule has 0 saturated heterocycles. The highest BCUT2D eigenvalue weighted by atomic mass is 16.5. The second-order valence-corrected chi connectivity index (χ2v) is 5.51. The first-order valence-electron chi connectivity index (χ1n) is 8.27. The van der Waals surface area contributed by atoms with Crippen LogP contribution in [0.2, 0.25) is 0 Å². The number of unbranched alkanes of at least 4 members (excludes halogenated alkanes) is 1. The predicted octanol–water partition coefficient (Wildman–Crippen LogP) is 5.04. The molecular weight excluding hydrogens is 288 g/mol. The van der Waals surface area contributed by atoms with Crippen molar-refractivity contribution in [3.8, 4) is 11.5 Å². The lowest BCUT2D eigenvalue weighted by atomic mass is 10.1. The van der Waals surface area contributed by atoms with Gasteiger partial charge in [-0.2, -0.15) is 0 Å². The highest BCUT2D eigenvalue weighted by Crippen LogP contribution is 2.19. The molecule has 0 saturated carbocycles. The molecule has 0 fully saturated rings. The van der Waals surface area contributed by atoms with Gasteiger partial charge in [0.2, 0.25) is 0 Å². The van der Waals surface area contributed by atoms with E-state index in [0.717, 1.165) is 25.0 Å². The van der Waals surface area contributed by atoms with Crippen molar-refractivity contribution < 1.29 is 14.3 Å². The van der Waals surface area contributed by atoms with E-state index in [0.29, 0.717) is 17.9 Å². The van der Waals surface area contributed by atoms with Gasteiger partial charge in [0.05, 0.1) is 12.2 Å². The smallest absolute Gasteiger partial charge is 0.343 e. The van der Waals surface area contributed by atoms with E-state index in [1.165, 1.54) is 12.0 Å². The third-order valence-electron chi connectivity index (χ3n) is 3.52. The zero-order valence-corrected chi connectivity index (χ0v) is 13.9. The zero-order valence-electron chi connectivity index (χ0n) is 13.9. The second-order valence-electron chi connectivity index (χ2n) is 5.51. The summed E-state index contributed by atoms with van der Waals surface area (Å²) in [7, 11) is 0. The maximum absolute atomic E-state index is 12.1. The van der Waals surface area contributed by atoms with E-state index in [9.17, 15) is 4.79 Å². The normalized spacial score (nSPS) is 10.3. The van der Waals surface area contributed by atoms with Crippen LogP contribution in [0, 0.1) is 0 Å². The summed E-state index contributed by atoms with van der Waals surface area (Å²) in [5, 5.41) is 0. The number of rotatable bonds is 8. The van der Waals surface area contributed by atoms with Crippen LogP contribution in [0.3, 0.4) is 0 Å². The molecule has 3 heteroatoms. The van der Waals surface area contributed by atoms with Crippen LogP contribution < -0.4 is 9.47 Å². The first-order valence-corrected chi connectivity index (χ1v) is 8.27. The molecule has 0 amide bonds. The Labute approximate surface area is 138 Å². The third kappa shape index (κ3) is 5.44. The number of hydrogen-bond acceptors (Lipinski definition) is 3. The van der Waals surface area contributed by atoms with E-state index in [1.54, 1.807) is 12.1 Å². The van der Waals surface area contributed by atoms with E-state index in [1.807, 2.05) is 36.4 Å². The maximum atomic E-state index is 12.1. The molecule has 2 rings (SSSR count). The summed E-state index contributed by atoms with van der Waals surface area (Å²) < 4.78 is 10.9. The average Bonchev–Trinajstić information content (AvgIpc) is 2.59. The van der Waals surface area contributed by atoms with E-state index in [4.69, 9.17) is 9.47 Å². The third-order valence-corrected chi connectivity index (χ3v) is 3.52. The second kappa shape index (κ2) is 8.99. The highest BCUT2D eigenvalue weighted by molar-refractivity contribution is 5.91. The van der Waals surface area contributed by atoms with Crippen molar-refractivity contribution in [3.05, 3.63) is 59.7 Å². The molecule has 0 aliphatic rings. The SMILES string of the molecule is CCCCc1ccc(C(=O)Oc2ccc(OCCC)cc2)cc1. The van der Waals surface area contributed by atoms with Crippen molar-refractivity contribution in [3.63, 3.8) is 0 Å². The molecule has 0 heterocycles. The van der Waals surface area contributed by atoms with E-state index in [-0.39, 0.29) is 5.97 Å². The van der Waals surface area contributed by atoms with Crippen molar-refractivity contribution in [2.75, 3.05) is 6.61 Å². The molecule has 0 radical (unpaired) electrons. The number of carbonyl (C=O) groups excluding carboxylic acids is 1. The van der Waals surface area contributed by atoms with Gasteiger partial charge in [0.25, 0.3) is 0 Å². The van der Waals surface area contributed by atoms with Gasteiger partial charge in [-0.1, -0.05) is 32.4 Å². The van der Waals surface area contributed by atoms with Crippen LogP contribution in [0.15, 0.2) is 48.5 Å². The van der Waals surface area contributed by atoms with Gasteiger partial charge in [-0.25, -0.2) is 4.79 Å². The number of aryl methyl sites for hydroxylation is 1.